The van der Waals surface area contributed by atoms with Crippen LogP contribution in [0.25, 0.3) is 10.2 Å². The number of hydrogen-bond acceptors (Lipinski definition) is 7. The van der Waals surface area contributed by atoms with E-state index in [4.69, 9.17) is 9.47 Å². The van der Waals surface area contributed by atoms with Crippen LogP contribution < -0.4 is 5.56 Å². The van der Waals surface area contributed by atoms with Crippen LogP contribution >= 0.6 is 11.3 Å². The highest BCUT2D eigenvalue weighted by Gasteiger charge is 2.41. The van der Waals surface area contributed by atoms with Crippen molar-refractivity contribution in [3.63, 3.8) is 0 Å². The zero-order valence-corrected chi connectivity index (χ0v) is 20.9. The fraction of sp³-hybridized carbons (Fsp3) is 0.667. The average Bonchev–Trinajstić information content (AvgIpc) is 3.39. The monoisotopic (exact) mass is 488 g/mol. The van der Waals surface area contributed by atoms with Gasteiger partial charge in [-0.3, -0.25) is 19.0 Å². The first-order chi connectivity index (χ1) is 16.3. The minimum absolute atomic E-state index is 0.0337. The molecule has 3 aliphatic rings. The number of fused-ring (bicyclic) bond motifs is 1. The minimum atomic E-state index is -0.544. The van der Waals surface area contributed by atoms with Crippen LogP contribution in [0.4, 0.5) is 0 Å². The van der Waals surface area contributed by atoms with E-state index in [-0.39, 0.29) is 23.9 Å². The number of likely N-dealkylation sites (tertiary alicyclic amines) is 2. The first-order valence-corrected chi connectivity index (χ1v) is 12.9. The van der Waals surface area contributed by atoms with Crippen molar-refractivity contribution in [2.75, 3.05) is 39.4 Å². The molecule has 0 unspecified atom stereocenters. The van der Waals surface area contributed by atoms with E-state index in [2.05, 4.69) is 18.8 Å². The third kappa shape index (κ3) is 4.27. The minimum Gasteiger partial charge on any atom is -0.347 e. The maximum Gasteiger partial charge on any atom is 0.264 e. The lowest BCUT2D eigenvalue weighted by atomic mass is 9.92. The Kier molecular flexibility index (Phi) is 6.24. The number of hydrogen-bond donors (Lipinski definition) is 0. The Morgan fingerprint density at radius 2 is 1.76 bits per heavy atom. The van der Waals surface area contributed by atoms with Crippen LogP contribution in [0.1, 0.15) is 48.3 Å². The molecule has 1 spiro atoms. The molecule has 5 heterocycles. The number of ether oxygens (including phenoxy) is 2. The SMILES string of the molecule is Cc1c(C(=O)N2CCC3(CC2)OCCO3)sc2ncn(CC(=O)N3C[C@H](C)C[C@@H](C)C3)c(=O)c12. The predicted octanol–water partition coefficient (Wildman–Crippen LogP) is 2.25. The van der Waals surface area contributed by atoms with Crippen molar-refractivity contribution in [3.8, 4) is 0 Å². The summed E-state index contributed by atoms with van der Waals surface area (Å²) in [7, 11) is 0. The summed E-state index contributed by atoms with van der Waals surface area (Å²) in [5.41, 5.74) is 0.368. The van der Waals surface area contributed by atoms with E-state index in [0.717, 1.165) is 19.5 Å². The third-order valence-electron chi connectivity index (χ3n) is 7.26. The molecule has 184 valence electrons. The van der Waals surface area contributed by atoms with Gasteiger partial charge >= 0.3 is 0 Å². The summed E-state index contributed by atoms with van der Waals surface area (Å²) in [5, 5.41) is 0.431. The first kappa shape index (κ1) is 23.4. The van der Waals surface area contributed by atoms with Gasteiger partial charge in [-0.05, 0) is 30.7 Å². The second kappa shape index (κ2) is 9.05. The van der Waals surface area contributed by atoms with Crippen LogP contribution in [0.2, 0.25) is 0 Å². The molecule has 3 saturated heterocycles. The second-order valence-electron chi connectivity index (χ2n) is 10.1. The molecule has 0 bridgehead atoms. The van der Waals surface area contributed by atoms with Crippen LogP contribution in [-0.4, -0.2) is 76.3 Å². The average molecular weight is 489 g/mol. The van der Waals surface area contributed by atoms with Crippen molar-refractivity contribution in [1.29, 1.82) is 0 Å². The van der Waals surface area contributed by atoms with Gasteiger partial charge in [0.2, 0.25) is 5.91 Å². The van der Waals surface area contributed by atoms with Gasteiger partial charge in [0.25, 0.3) is 11.5 Å². The standard InChI is InChI=1S/C24H32N4O5S/c1-15-10-16(2)12-27(11-15)18(29)13-28-14-25-21-19(22(28)30)17(3)20(34-21)23(31)26-6-4-24(5-7-26)32-8-9-33-24/h14-16H,4-13H2,1-3H3/t15-,16-/m1/s1. The number of thiophene rings is 1. The lowest BCUT2D eigenvalue weighted by Gasteiger charge is -2.37. The summed E-state index contributed by atoms with van der Waals surface area (Å²) < 4.78 is 12.9. The molecule has 10 heteroatoms. The van der Waals surface area contributed by atoms with E-state index in [1.807, 2.05) is 4.90 Å². The van der Waals surface area contributed by atoms with E-state index in [1.165, 1.54) is 22.2 Å². The lowest BCUT2D eigenvalue weighted by molar-refractivity contribution is -0.181. The number of piperidine rings is 2. The van der Waals surface area contributed by atoms with Crippen LogP contribution in [0, 0.1) is 18.8 Å². The van der Waals surface area contributed by atoms with Crippen molar-refractivity contribution in [3.05, 3.63) is 27.1 Å². The van der Waals surface area contributed by atoms with Gasteiger partial charge in [-0.25, -0.2) is 4.98 Å². The van der Waals surface area contributed by atoms with Crippen LogP contribution in [-0.2, 0) is 20.8 Å². The van der Waals surface area contributed by atoms with Crippen molar-refractivity contribution in [2.24, 2.45) is 11.8 Å². The van der Waals surface area contributed by atoms with E-state index in [0.29, 0.717) is 71.6 Å². The Labute approximate surface area is 202 Å². The molecule has 5 rings (SSSR count). The number of nitrogens with zero attached hydrogens (tertiary/aromatic N) is 4. The van der Waals surface area contributed by atoms with E-state index in [1.54, 1.807) is 11.8 Å². The van der Waals surface area contributed by atoms with Gasteiger partial charge in [0.1, 0.15) is 11.4 Å². The molecule has 34 heavy (non-hydrogen) atoms. The maximum atomic E-state index is 13.3. The van der Waals surface area contributed by atoms with Crippen LogP contribution in [0.15, 0.2) is 11.1 Å². The topological polar surface area (TPSA) is 94.0 Å². The van der Waals surface area contributed by atoms with Crippen LogP contribution in [0.5, 0.6) is 0 Å². The summed E-state index contributed by atoms with van der Waals surface area (Å²) in [6.07, 6.45) is 3.83. The van der Waals surface area contributed by atoms with Gasteiger partial charge in [0.05, 0.1) is 29.8 Å². The molecule has 2 aromatic rings. The molecule has 0 aliphatic carbocycles. The zero-order valence-electron chi connectivity index (χ0n) is 20.0. The number of rotatable bonds is 3. The quantitative estimate of drug-likeness (QED) is 0.658. The largest absolute Gasteiger partial charge is 0.347 e. The number of aromatic nitrogens is 2. The fourth-order valence-corrected chi connectivity index (χ4v) is 6.68. The Balaban J connectivity index is 1.34. The molecule has 2 atom stereocenters. The van der Waals surface area contributed by atoms with Gasteiger partial charge in [0, 0.05) is 39.0 Å². The maximum absolute atomic E-state index is 13.3. The van der Waals surface area contributed by atoms with E-state index in [9.17, 15) is 14.4 Å². The lowest BCUT2D eigenvalue weighted by Crippen LogP contribution is -2.47. The molecule has 3 fully saturated rings. The predicted molar refractivity (Wildman–Crippen MR) is 128 cm³/mol. The summed E-state index contributed by atoms with van der Waals surface area (Å²) in [4.78, 5) is 48.6. The Bertz CT molecular complexity index is 1150. The normalized spacial score (nSPS) is 24.8. The molecule has 2 aromatic heterocycles. The molecule has 0 N–H and O–H groups in total. The molecular formula is C24H32N4O5S. The highest BCUT2D eigenvalue weighted by atomic mass is 32.1. The highest BCUT2D eigenvalue weighted by Crippen LogP contribution is 2.34. The van der Waals surface area contributed by atoms with Crippen molar-refractivity contribution in [2.45, 2.75) is 52.4 Å². The molecular weight excluding hydrogens is 456 g/mol. The summed E-state index contributed by atoms with van der Waals surface area (Å²) in [6, 6.07) is 0. The highest BCUT2D eigenvalue weighted by molar-refractivity contribution is 7.20. The van der Waals surface area contributed by atoms with E-state index >= 15 is 0 Å². The van der Waals surface area contributed by atoms with Gasteiger partial charge in [-0.2, -0.15) is 0 Å². The molecule has 3 aliphatic heterocycles. The Morgan fingerprint density at radius 3 is 2.41 bits per heavy atom. The van der Waals surface area contributed by atoms with Gasteiger partial charge in [0.15, 0.2) is 5.79 Å². The number of amides is 2. The molecule has 0 saturated carbocycles. The van der Waals surface area contributed by atoms with Crippen molar-refractivity contribution >= 4 is 33.4 Å². The van der Waals surface area contributed by atoms with Crippen LogP contribution in [0.3, 0.4) is 0 Å². The molecule has 0 radical (unpaired) electrons. The Morgan fingerprint density at radius 1 is 1.12 bits per heavy atom. The number of aryl methyl sites for hydroxylation is 1. The smallest absolute Gasteiger partial charge is 0.264 e. The van der Waals surface area contributed by atoms with Crippen molar-refractivity contribution < 1.29 is 19.1 Å². The van der Waals surface area contributed by atoms with Gasteiger partial charge in [-0.1, -0.05) is 13.8 Å². The number of carbonyl (C=O) groups excluding carboxylic acids is 2. The third-order valence-corrected chi connectivity index (χ3v) is 8.45. The number of carbonyl (C=O) groups is 2. The van der Waals surface area contributed by atoms with E-state index < -0.39 is 5.79 Å². The second-order valence-corrected chi connectivity index (χ2v) is 11.1. The van der Waals surface area contributed by atoms with Gasteiger partial charge in [-0.15, -0.1) is 11.3 Å². The summed E-state index contributed by atoms with van der Waals surface area (Å²) in [6.45, 7) is 9.79. The molecule has 2 amide bonds. The zero-order chi connectivity index (χ0) is 24.0. The summed E-state index contributed by atoms with van der Waals surface area (Å²) >= 11 is 1.25. The molecule has 9 nitrogen and oxygen atoms in total. The molecule has 0 aromatic carbocycles. The first-order valence-electron chi connectivity index (χ1n) is 12.1. The fourth-order valence-electron chi connectivity index (χ4n) is 5.57. The van der Waals surface area contributed by atoms with Crippen molar-refractivity contribution in [1.82, 2.24) is 19.4 Å². The Hall–Kier alpha value is -2.30. The summed E-state index contributed by atoms with van der Waals surface area (Å²) in [5.74, 6) is 0.206. The van der Waals surface area contributed by atoms with Gasteiger partial charge < -0.3 is 19.3 Å².